The largest absolute Gasteiger partial charge is 0.480 e. The molecular weight excluding hydrogens is 274 g/mol. The van der Waals surface area contributed by atoms with Crippen LogP contribution in [0.15, 0.2) is 28.7 Å². The Balaban J connectivity index is 2.14. The van der Waals surface area contributed by atoms with Crippen LogP contribution in [0.5, 0.6) is 0 Å². The molecule has 1 aromatic rings. The van der Waals surface area contributed by atoms with Crippen LogP contribution in [-0.2, 0) is 15.1 Å². The maximum atomic E-state index is 10.5. The Hall–Kier alpha value is -0.910. The molecule has 0 bridgehead atoms. The number of rotatable bonds is 4. The molecule has 0 aromatic heterocycles. The van der Waals surface area contributed by atoms with Crippen molar-refractivity contribution in [3.63, 3.8) is 0 Å². The topological polar surface area (TPSA) is 58.6 Å². The average Bonchev–Trinajstić information content (AvgIpc) is 2.18. The zero-order valence-electron chi connectivity index (χ0n) is 8.57. The summed E-state index contributed by atoms with van der Waals surface area (Å²) in [6.45, 7) is 1.04. The Morgan fingerprint density at radius 3 is 2.50 bits per heavy atom. The van der Waals surface area contributed by atoms with Crippen molar-refractivity contribution in [2.45, 2.75) is 5.60 Å². The second-order valence-corrected chi connectivity index (χ2v) is 4.70. The molecule has 0 radical (unpaired) electrons. The lowest BCUT2D eigenvalue weighted by atomic mass is 9.88. The van der Waals surface area contributed by atoms with Crippen molar-refractivity contribution in [3.05, 3.63) is 34.3 Å². The summed E-state index contributed by atoms with van der Waals surface area (Å²) >= 11 is 3.36. The maximum Gasteiger partial charge on any atom is 0.329 e. The zero-order chi connectivity index (χ0) is 11.6. The number of ether oxygens (including phenoxy) is 1. The van der Waals surface area contributed by atoms with Crippen LogP contribution in [0.25, 0.3) is 0 Å². The normalized spacial score (nSPS) is 17.8. The molecule has 0 spiro atoms. The lowest BCUT2D eigenvalue weighted by Crippen LogP contribution is -2.58. The monoisotopic (exact) mass is 285 g/mol. The molecule has 1 aliphatic rings. The lowest BCUT2D eigenvalue weighted by molar-refractivity contribution is -0.155. The Labute approximate surface area is 102 Å². The van der Waals surface area contributed by atoms with E-state index < -0.39 is 11.6 Å². The number of carboxylic acid groups (broad SMARTS) is 1. The molecule has 0 saturated carbocycles. The molecule has 0 amide bonds. The van der Waals surface area contributed by atoms with E-state index in [2.05, 4.69) is 21.2 Å². The van der Waals surface area contributed by atoms with Gasteiger partial charge in [0.2, 0.25) is 0 Å². The predicted molar refractivity (Wildman–Crippen MR) is 62.3 cm³/mol. The molecule has 5 heteroatoms. The van der Waals surface area contributed by atoms with Crippen LogP contribution in [0.2, 0.25) is 0 Å². The van der Waals surface area contributed by atoms with Crippen molar-refractivity contribution in [3.8, 4) is 0 Å². The summed E-state index contributed by atoms with van der Waals surface area (Å²) in [6, 6.07) is 7.76. The SMILES string of the molecule is O=C(O)COC1(c2ccc(Br)cc2)CNC1. The van der Waals surface area contributed by atoms with Crippen LogP contribution < -0.4 is 5.32 Å². The molecule has 2 N–H and O–H groups in total. The first-order chi connectivity index (χ1) is 7.62. The van der Waals surface area contributed by atoms with Crippen molar-refractivity contribution >= 4 is 21.9 Å². The van der Waals surface area contributed by atoms with Gasteiger partial charge in [-0.05, 0) is 17.7 Å². The van der Waals surface area contributed by atoms with Gasteiger partial charge in [-0.3, -0.25) is 0 Å². The van der Waals surface area contributed by atoms with Gasteiger partial charge in [0.1, 0.15) is 12.2 Å². The molecule has 2 rings (SSSR count). The fourth-order valence-electron chi connectivity index (χ4n) is 1.70. The van der Waals surface area contributed by atoms with Crippen LogP contribution >= 0.6 is 15.9 Å². The van der Waals surface area contributed by atoms with Crippen molar-refractivity contribution in [2.24, 2.45) is 0 Å². The van der Waals surface area contributed by atoms with E-state index in [-0.39, 0.29) is 6.61 Å². The van der Waals surface area contributed by atoms with Gasteiger partial charge >= 0.3 is 5.97 Å². The summed E-state index contributed by atoms with van der Waals surface area (Å²) in [5, 5.41) is 11.7. The minimum absolute atomic E-state index is 0.266. The first-order valence-corrected chi connectivity index (χ1v) is 5.74. The highest BCUT2D eigenvalue weighted by Gasteiger charge is 2.40. The highest BCUT2D eigenvalue weighted by Crippen LogP contribution is 2.30. The fraction of sp³-hybridized carbons (Fsp3) is 0.364. The van der Waals surface area contributed by atoms with Gasteiger partial charge < -0.3 is 15.2 Å². The maximum absolute atomic E-state index is 10.5. The third-order valence-corrected chi connectivity index (χ3v) is 3.19. The van der Waals surface area contributed by atoms with Gasteiger partial charge in [0.25, 0.3) is 0 Å². The average molecular weight is 286 g/mol. The van der Waals surface area contributed by atoms with Gasteiger partial charge in [-0.1, -0.05) is 28.1 Å². The Bertz CT molecular complexity index is 387. The summed E-state index contributed by atoms with van der Waals surface area (Å²) in [6.07, 6.45) is 0. The van der Waals surface area contributed by atoms with Crippen molar-refractivity contribution < 1.29 is 14.6 Å². The van der Waals surface area contributed by atoms with E-state index >= 15 is 0 Å². The first kappa shape index (κ1) is 11.6. The number of aliphatic carboxylic acids is 1. The number of nitrogens with one attached hydrogen (secondary N) is 1. The highest BCUT2D eigenvalue weighted by molar-refractivity contribution is 9.10. The number of hydrogen-bond acceptors (Lipinski definition) is 3. The molecule has 0 atom stereocenters. The van der Waals surface area contributed by atoms with Gasteiger partial charge in [0.05, 0.1) is 0 Å². The number of carbonyl (C=O) groups is 1. The molecular formula is C11H12BrNO3. The predicted octanol–water partition coefficient (Wildman–Crippen LogP) is 1.35. The standard InChI is InChI=1S/C11H12BrNO3/c12-9-3-1-8(2-4-9)11(6-13-7-11)16-5-10(14)15/h1-4,13H,5-7H2,(H,14,15). The first-order valence-electron chi connectivity index (χ1n) is 4.95. The summed E-state index contributed by atoms with van der Waals surface area (Å²) < 4.78 is 6.47. The summed E-state index contributed by atoms with van der Waals surface area (Å²) in [5.41, 5.74) is 0.537. The molecule has 0 aliphatic carbocycles. The van der Waals surface area contributed by atoms with Crippen molar-refractivity contribution in [1.82, 2.24) is 5.32 Å². The van der Waals surface area contributed by atoms with Crippen LogP contribution in [0.1, 0.15) is 5.56 Å². The Kier molecular flexibility index (Phi) is 3.28. The van der Waals surface area contributed by atoms with E-state index in [1.54, 1.807) is 0 Å². The highest BCUT2D eigenvalue weighted by atomic mass is 79.9. The van der Waals surface area contributed by atoms with Gasteiger partial charge in [-0.25, -0.2) is 4.79 Å². The molecule has 1 heterocycles. The zero-order valence-corrected chi connectivity index (χ0v) is 10.2. The Morgan fingerprint density at radius 2 is 2.06 bits per heavy atom. The van der Waals surface area contributed by atoms with Gasteiger partial charge in [-0.2, -0.15) is 0 Å². The molecule has 1 fully saturated rings. The minimum atomic E-state index is -0.941. The van der Waals surface area contributed by atoms with E-state index in [9.17, 15) is 4.79 Å². The van der Waals surface area contributed by atoms with Crippen molar-refractivity contribution in [1.29, 1.82) is 0 Å². The second kappa shape index (κ2) is 4.53. The van der Waals surface area contributed by atoms with Gasteiger partial charge in [0, 0.05) is 17.6 Å². The van der Waals surface area contributed by atoms with Crippen LogP contribution in [0.4, 0.5) is 0 Å². The summed E-state index contributed by atoms with van der Waals surface area (Å²) in [7, 11) is 0. The quantitative estimate of drug-likeness (QED) is 0.877. The smallest absolute Gasteiger partial charge is 0.329 e. The Morgan fingerprint density at radius 1 is 1.44 bits per heavy atom. The van der Waals surface area contributed by atoms with Crippen molar-refractivity contribution in [2.75, 3.05) is 19.7 Å². The molecule has 1 saturated heterocycles. The molecule has 86 valence electrons. The lowest BCUT2D eigenvalue weighted by Gasteiger charge is -2.42. The number of halogens is 1. The molecule has 1 aromatic carbocycles. The molecule has 1 aliphatic heterocycles. The number of carboxylic acids is 1. The summed E-state index contributed by atoms with van der Waals surface area (Å²) in [5.74, 6) is -0.941. The van der Waals surface area contributed by atoms with E-state index in [1.165, 1.54) is 0 Å². The molecule has 16 heavy (non-hydrogen) atoms. The van der Waals surface area contributed by atoms with E-state index in [0.717, 1.165) is 10.0 Å². The molecule has 4 nitrogen and oxygen atoms in total. The van der Waals surface area contributed by atoms with Crippen LogP contribution in [0, 0.1) is 0 Å². The number of hydrogen-bond donors (Lipinski definition) is 2. The van der Waals surface area contributed by atoms with Crippen LogP contribution in [-0.4, -0.2) is 30.8 Å². The summed E-state index contributed by atoms with van der Waals surface area (Å²) in [4.78, 5) is 10.5. The third kappa shape index (κ3) is 2.26. The second-order valence-electron chi connectivity index (χ2n) is 3.79. The van der Waals surface area contributed by atoms with Gasteiger partial charge in [0.15, 0.2) is 0 Å². The third-order valence-electron chi connectivity index (χ3n) is 2.66. The van der Waals surface area contributed by atoms with Crippen LogP contribution in [0.3, 0.4) is 0 Å². The van der Waals surface area contributed by atoms with E-state index in [1.807, 2.05) is 24.3 Å². The van der Waals surface area contributed by atoms with Gasteiger partial charge in [-0.15, -0.1) is 0 Å². The van der Waals surface area contributed by atoms with E-state index in [4.69, 9.17) is 9.84 Å². The fourth-order valence-corrected chi connectivity index (χ4v) is 1.96. The number of benzene rings is 1. The molecule has 0 unspecified atom stereocenters. The minimum Gasteiger partial charge on any atom is -0.480 e. The van der Waals surface area contributed by atoms with E-state index in [0.29, 0.717) is 13.1 Å².